The summed E-state index contributed by atoms with van der Waals surface area (Å²) in [6, 6.07) is 3.01. The van der Waals surface area contributed by atoms with Crippen LogP contribution in [0.25, 0.3) is 0 Å². The number of hydrogen-bond donors (Lipinski definition) is 0. The van der Waals surface area contributed by atoms with Crippen molar-refractivity contribution in [3.8, 4) is 5.75 Å². The van der Waals surface area contributed by atoms with Crippen LogP contribution in [0, 0.1) is 0 Å². The third kappa shape index (κ3) is 10.9. The first kappa shape index (κ1) is 28.1. The van der Waals surface area contributed by atoms with Crippen LogP contribution in [0.15, 0.2) is 12.1 Å². The highest BCUT2D eigenvalue weighted by Crippen LogP contribution is 2.39. The zero-order valence-corrected chi connectivity index (χ0v) is 21.0. The van der Waals surface area contributed by atoms with Gasteiger partial charge in [0.05, 0.1) is 18.7 Å². The molecule has 4 nitrogen and oxygen atoms in total. The van der Waals surface area contributed by atoms with Gasteiger partial charge in [-0.3, -0.25) is 4.79 Å². The second-order valence-corrected chi connectivity index (χ2v) is 9.04. The first-order chi connectivity index (χ1) is 14.9. The van der Waals surface area contributed by atoms with E-state index in [4.69, 9.17) is 39.5 Å². The molecule has 0 aliphatic carbocycles. The van der Waals surface area contributed by atoms with E-state index in [0.29, 0.717) is 11.6 Å². The van der Waals surface area contributed by atoms with Crippen molar-refractivity contribution < 1.29 is 19.1 Å². The number of hydrogen-bond acceptors (Lipinski definition) is 4. The molecule has 1 aromatic rings. The zero-order valence-electron chi connectivity index (χ0n) is 18.7. The Hall–Kier alpha value is -0.970. The number of ether oxygens (including phenoxy) is 2. The minimum absolute atomic E-state index is 0.254. The van der Waals surface area contributed by atoms with Gasteiger partial charge in [0.1, 0.15) is 11.1 Å². The topological polar surface area (TPSA) is 52.6 Å². The molecule has 7 heteroatoms. The Bertz CT molecular complexity index is 679. The van der Waals surface area contributed by atoms with E-state index >= 15 is 0 Å². The second-order valence-electron chi connectivity index (χ2n) is 7.76. The number of benzene rings is 1. The molecule has 0 spiro atoms. The molecule has 0 fully saturated rings. The van der Waals surface area contributed by atoms with Crippen LogP contribution in [-0.4, -0.2) is 25.5 Å². The zero-order chi connectivity index (χ0) is 23.1. The molecule has 0 N–H and O–H groups in total. The summed E-state index contributed by atoms with van der Waals surface area (Å²) in [4.78, 5) is 23.6. The van der Waals surface area contributed by atoms with Crippen molar-refractivity contribution in [2.45, 2.75) is 89.4 Å². The van der Waals surface area contributed by atoms with Gasteiger partial charge in [0.15, 0.2) is 0 Å². The average molecular weight is 494 g/mol. The van der Waals surface area contributed by atoms with Crippen molar-refractivity contribution >= 4 is 46.6 Å². The Balaban J connectivity index is 2.36. The van der Waals surface area contributed by atoms with E-state index in [0.717, 1.165) is 20.0 Å². The summed E-state index contributed by atoms with van der Waals surface area (Å²) in [5.41, 5.74) is 0.272. The maximum Gasteiger partial charge on any atom is 0.376 e. The predicted molar refractivity (Wildman–Crippen MR) is 129 cm³/mol. The third-order valence-electron chi connectivity index (χ3n) is 5.17. The number of ketones is 1. The SMILES string of the molecule is CCCCCCCCCCCCCCOc1c(Cl)cc(Cl)cc1C(Cl)C(=O)C(=O)OC. The summed E-state index contributed by atoms with van der Waals surface area (Å²) < 4.78 is 10.3. The van der Waals surface area contributed by atoms with E-state index in [-0.39, 0.29) is 16.3 Å². The molecule has 0 aromatic heterocycles. The lowest BCUT2D eigenvalue weighted by Gasteiger charge is -2.16. The van der Waals surface area contributed by atoms with E-state index in [1.54, 1.807) is 0 Å². The second kappa shape index (κ2) is 16.6. The molecule has 1 rings (SSSR count). The Morgan fingerprint density at radius 3 is 1.90 bits per heavy atom. The summed E-state index contributed by atoms with van der Waals surface area (Å²) in [5.74, 6) is -1.63. The summed E-state index contributed by atoms with van der Waals surface area (Å²) in [6.45, 7) is 2.69. The number of carbonyl (C=O) groups excluding carboxylic acids is 2. The van der Waals surface area contributed by atoms with Gasteiger partial charge in [-0.15, -0.1) is 11.6 Å². The molecule has 0 aliphatic heterocycles. The minimum atomic E-state index is -1.28. The molecule has 0 radical (unpaired) electrons. The van der Waals surface area contributed by atoms with Crippen LogP contribution >= 0.6 is 34.8 Å². The normalized spacial score (nSPS) is 11.9. The molecule has 0 saturated carbocycles. The highest BCUT2D eigenvalue weighted by molar-refractivity contribution is 6.48. The Kier molecular flexibility index (Phi) is 15.1. The summed E-state index contributed by atoms with van der Waals surface area (Å²) in [7, 11) is 1.12. The summed E-state index contributed by atoms with van der Waals surface area (Å²) >= 11 is 18.5. The van der Waals surface area contributed by atoms with Gasteiger partial charge >= 0.3 is 5.97 Å². The molecule has 176 valence electrons. The van der Waals surface area contributed by atoms with E-state index in [1.165, 1.54) is 76.3 Å². The highest BCUT2D eigenvalue weighted by atomic mass is 35.5. The van der Waals surface area contributed by atoms with Crippen LogP contribution in [0.4, 0.5) is 0 Å². The molecule has 1 atom stereocenters. The predicted octanol–water partition coefficient (Wildman–Crippen LogP) is 8.10. The lowest BCUT2D eigenvalue weighted by molar-refractivity contribution is -0.151. The van der Waals surface area contributed by atoms with Crippen molar-refractivity contribution in [3.63, 3.8) is 0 Å². The molecule has 1 unspecified atom stereocenters. The van der Waals surface area contributed by atoms with Crippen molar-refractivity contribution in [1.82, 2.24) is 0 Å². The molecule has 31 heavy (non-hydrogen) atoms. The largest absolute Gasteiger partial charge is 0.492 e. The highest BCUT2D eigenvalue weighted by Gasteiger charge is 2.29. The summed E-state index contributed by atoms with van der Waals surface area (Å²) in [6.07, 6.45) is 15.0. The number of esters is 1. The number of Topliss-reactive ketones (excluding diaryl/α,β-unsaturated/α-hetero) is 1. The maximum atomic E-state index is 12.1. The first-order valence-corrected chi connectivity index (χ1v) is 12.5. The Morgan fingerprint density at radius 2 is 1.39 bits per heavy atom. The first-order valence-electron chi connectivity index (χ1n) is 11.3. The van der Waals surface area contributed by atoms with Crippen LogP contribution in [0.1, 0.15) is 94.9 Å². The van der Waals surface area contributed by atoms with Crippen LogP contribution in [0.2, 0.25) is 10.0 Å². The standard InChI is InChI=1S/C24H35Cl3O4/c1-3-4-5-6-7-8-9-10-11-12-13-14-15-31-23-19(16-18(25)17-20(23)26)21(27)22(28)24(29)30-2/h16-17,21H,3-15H2,1-2H3. The van der Waals surface area contributed by atoms with Crippen molar-refractivity contribution in [3.05, 3.63) is 27.7 Å². The average Bonchev–Trinajstić information content (AvgIpc) is 2.76. The van der Waals surface area contributed by atoms with Gasteiger partial charge in [-0.1, -0.05) is 101 Å². The maximum absolute atomic E-state index is 12.1. The molecule has 0 bridgehead atoms. The van der Waals surface area contributed by atoms with Gasteiger partial charge in [-0.05, 0) is 18.6 Å². The molecule has 0 heterocycles. The van der Waals surface area contributed by atoms with Gasteiger partial charge in [-0.2, -0.15) is 0 Å². The van der Waals surface area contributed by atoms with Crippen molar-refractivity contribution in [2.24, 2.45) is 0 Å². The van der Waals surface area contributed by atoms with Crippen LogP contribution in [-0.2, 0) is 14.3 Å². The fraction of sp³-hybridized carbons (Fsp3) is 0.667. The number of unbranched alkanes of at least 4 members (excludes halogenated alkanes) is 11. The smallest absolute Gasteiger partial charge is 0.376 e. The Labute approximate surface area is 201 Å². The van der Waals surface area contributed by atoms with Crippen LogP contribution in [0.3, 0.4) is 0 Å². The molecule has 0 aliphatic rings. The molecule has 0 amide bonds. The molecule has 1 aromatic carbocycles. The molecular formula is C24H35Cl3O4. The number of carbonyl (C=O) groups is 2. The van der Waals surface area contributed by atoms with E-state index < -0.39 is 17.1 Å². The van der Waals surface area contributed by atoms with E-state index in [2.05, 4.69) is 11.7 Å². The number of halogens is 3. The monoisotopic (exact) mass is 492 g/mol. The van der Waals surface area contributed by atoms with Crippen molar-refractivity contribution in [1.29, 1.82) is 0 Å². The minimum Gasteiger partial charge on any atom is -0.492 e. The van der Waals surface area contributed by atoms with Crippen LogP contribution in [0.5, 0.6) is 5.75 Å². The number of methoxy groups -OCH3 is 1. The fourth-order valence-electron chi connectivity index (χ4n) is 3.38. The van der Waals surface area contributed by atoms with Gasteiger partial charge in [-0.25, -0.2) is 4.79 Å². The van der Waals surface area contributed by atoms with Gasteiger partial charge in [0, 0.05) is 10.6 Å². The van der Waals surface area contributed by atoms with E-state index in [1.807, 2.05) is 0 Å². The van der Waals surface area contributed by atoms with Gasteiger partial charge in [0.25, 0.3) is 5.78 Å². The van der Waals surface area contributed by atoms with Crippen molar-refractivity contribution in [2.75, 3.05) is 13.7 Å². The van der Waals surface area contributed by atoms with Gasteiger partial charge < -0.3 is 9.47 Å². The fourth-order valence-corrected chi connectivity index (χ4v) is 4.20. The van der Waals surface area contributed by atoms with Crippen LogP contribution < -0.4 is 4.74 Å². The Morgan fingerprint density at radius 1 is 0.871 bits per heavy atom. The molecular weight excluding hydrogens is 459 g/mol. The third-order valence-corrected chi connectivity index (χ3v) is 6.10. The molecule has 0 saturated heterocycles. The van der Waals surface area contributed by atoms with Gasteiger partial charge in [0.2, 0.25) is 0 Å². The number of rotatable bonds is 17. The lowest BCUT2D eigenvalue weighted by Crippen LogP contribution is -2.21. The van der Waals surface area contributed by atoms with E-state index in [9.17, 15) is 9.59 Å². The quantitative estimate of drug-likeness (QED) is 0.0952. The lowest BCUT2D eigenvalue weighted by atomic mass is 10.1. The number of alkyl halides is 1. The summed E-state index contributed by atoms with van der Waals surface area (Å²) in [5, 5.41) is -0.716.